The molecule has 0 aromatic heterocycles. The van der Waals surface area contributed by atoms with Crippen molar-refractivity contribution in [3.63, 3.8) is 0 Å². The van der Waals surface area contributed by atoms with Crippen molar-refractivity contribution in [1.29, 1.82) is 0 Å². The van der Waals surface area contributed by atoms with E-state index in [0.717, 1.165) is 0 Å². The van der Waals surface area contributed by atoms with Crippen LogP contribution in [-0.4, -0.2) is 0 Å². The maximum atomic E-state index is 13.9. The van der Waals surface area contributed by atoms with E-state index >= 15 is 0 Å². The van der Waals surface area contributed by atoms with Crippen LogP contribution < -0.4 is 5.73 Å². The zero-order valence-corrected chi connectivity index (χ0v) is 11.9. The first-order chi connectivity index (χ1) is 10.2. The molecule has 21 heavy (non-hydrogen) atoms. The molecule has 1 aliphatic rings. The number of rotatable bonds is 2. The molecule has 1 fully saturated rings. The fourth-order valence-corrected chi connectivity index (χ4v) is 3.16. The first-order valence-corrected chi connectivity index (χ1v) is 7.50. The lowest BCUT2D eigenvalue weighted by atomic mass is 9.83. The van der Waals surface area contributed by atoms with Gasteiger partial charge in [0.1, 0.15) is 0 Å². The summed E-state index contributed by atoms with van der Waals surface area (Å²) in [6.07, 6.45) is 6.34. The molecular formula is C18H19F2N. The van der Waals surface area contributed by atoms with E-state index in [4.69, 9.17) is 5.73 Å². The van der Waals surface area contributed by atoms with Crippen molar-refractivity contribution in [2.24, 2.45) is 0 Å². The molecule has 0 amide bonds. The molecule has 110 valence electrons. The molecule has 2 aromatic carbocycles. The zero-order chi connectivity index (χ0) is 14.8. The highest BCUT2D eigenvalue weighted by Gasteiger charge is 2.16. The Balaban J connectivity index is 1.89. The van der Waals surface area contributed by atoms with Crippen LogP contribution in [0.4, 0.5) is 14.5 Å². The second kappa shape index (κ2) is 5.84. The second-order valence-corrected chi connectivity index (χ2v) is 5.79. The standard InChI is InChI=1S/C18H19F2N/c19-17-15(10-11-16(21)18(17)20)14-8-6-13(7-9-14)12-4-2-1-3-5-12/h6-12H,1-5,21H2. The summed E-state index contributed by atoms with van der Waals surface area (Å²) in [7, 11) is 0. The van der Waals surface area contributed by atoms with Gasteiger partial charge >= 0.3 is 0 Å². The first-order valence-electron chi connectivity index (χ1n) is 7.50. The topological polar surface area (TPSA) is 26.0 Å². The molecule has 0 bridgehead atoms. The van der Waals surface area contributed by atoms with Crippen LogP contribution in [0.25, 0.3) is 11.1 Å². The molecule has 1 aliphatic carbocycles. The fourth-order valence-electron chi connectivity index (χ4n) is 3.16. The summed E-state index contributed by atoms with van der Waals surface area (Å²) in [6.45, 7) is 0. The van der Waals surface area contributed by atoms with Gasteiger partial charge in [0.15, 0.2) is 11.6 Å². The van der Waals surface area contributed by atoms with Gasteiger partial charge in [0, 0.05) is 5.56 Å². The third-order valence-corrected chi connectivity index (χ3v) is 4.41. The first kappa shape index (κ1) is 14.1. The number of nitrogen functional groups attached to an aromatic ring is 1. The molecule has 2 N–H and O–H groups in total. The molecule has 3 heteroatoms. The normalized spacial score (nSPS) is 16.1. The molecule has 1 saturated carbocycles. The Morgan fingerprint density at radius 1 is 0.810 bits per heavy atom. The van der Waals surface area contributed by atoms with Crippen LogP contribution in [0.2, 0.25) is 0 Å². The molecule has 1 nitrogen and oxygen atoms in total. The smallest absolute Gasteiger partial charge is 0.182 e. The van der Waals surface area contributed by atoms with E-state index in [2.05, 4.69) is 0 Å². The molecule has 0 atom stereocenters. The van der Waals surface area contributed by atoms with Crippen molar-refractivity contribution in [3.8, 4) is 11.1 Å². The molecular weight excluding hydrogens is 268 g/mol. The quantitative estimate of drug-likeness (QED) is 0.749. The van der Waals surface area contributed by atoms with Crippen molar-refractivity contribution < 1.29 is 8.78 Å². The average molecular weight is 287 g/mol. The number of halogens is 2. The second-order valence-electron chi connectivity index (χ2n) is 5.79. The number of nitrogens with two attached hydrogens (primary N) is 1. The maximum Gasteiger partial charge on any atom is 0.182 e. The number of hydrogen-bond donors (Lipinski definition) is 1. The van der Waals surface area contributed by atoms with Crippen LogP contribution in [0, 0.1) is 11.6 Å². The highest BCUT2D eigenvalue weighted by Crippen LogP contribution is 2.34. The highest BCUT2D eigenvalue weighted by atomic mass is 19.2. The summed E-state index contributed by atoms with van der Waals surface area (Å²) < 4.78 is 27.5. The van der Waals surface area contributed by atoms with Gasteiger partial charge in [-0.25, -0.2) is 8.78 Å². The zero-order valence-electron chi connectivity index (χ0n) is 11.9. The SMILES string of the molecule is Nc1ccc(-c2ccc(C3CCCCC3)cc2)c(F)c1F. The van der Waals surface area contributed by atoms with Gasteiger partial charge in [-0.2, -0.15) is 0 Å². The Morgan fingerprint density at radius 3 is 2.14 bits per heavy atom. The number of benzene rings is 2. The van der Waals surface area contributed by atoms with Crippen LogP contribution in [-0.2, 0) is 0 Å². The lowest BCUT2D eigenvalue weighted by Crippen LogP contribution is -2.04. The molecule has 0 heterocycles. The Kier molecular flexibility index (Phi) is 3.91. The number of hydrogen-bond acceptors (Lipinski definition) is 1. The maximum absolute atomic E-state index is 13.9. The van der Waals surface area contributed by atoms with Gasteiger partial charge in [-0.1, -0.05) is 43.5 Å². The molecule has 2 aromatic rings. The van der Waals surface area contributed by atoms with Crippen LogP contribution in [0.1, 0.15) is 43.6 Å². The van der Waals surface area contributed by atoms with Crippen LogP contribution in [0.15, 0.2) is 36.4 Å². The Labute approximate surface area is 123 Å². The monoisotopic (exact) mass is 287 g/mol. The van der Waals surface area contributed by atoms with E-state index in [0.29, 0.717) is 11.5 Å². The van der Waals surface area contributed by atoms with Gasteiger partial charge < -0.3 is 5.73 Å². The lowest BCUT2D eigenvalue weighted by Gasteiger charge is -2.22. The third kappa shape index (κ3) is 2.78. The molecule has 3 rings (SSSR count). The van der Waals surface area contributed by atoms with Gasteiger partial charge in [0.25, 0.3) is 0 Å². The van der Waals surface area contributed by atoms with Crippen molar-refractivity contribution in [3.05, 3.63) is 53.6 Å². The van der Waals surface area contributed by atoms with Crippen molar-refractivity contribution in [2.75, 3.05) is 5.73 Å². The minimum atomic E-state index is -0.969. The summed E-state index contributed by atoms with van der Waals surface area (Å²) >= 11 is 0. The van der Waals surface area contributed by atoms with Gasteiger partial charge in [-0.3, -0.25) is 0 Å². The van der Waals surface area contributed by atoms with Crippen LogP contribution >= 0.6 is 0 Å². The van der Waals surface area contributed by atoms with Crippen molar-refractivity contribution in [1.82, 2.24) is 0 Å². The van der Waals surface area contributed by atoms with Crippen LogP contribution in [0.3, 0.4) is 0 Å². The molecule has 0 radical (unpaired) electrons. The molecule has 0 spiro atoms. The average Bonchev–Trinajstić information content (AvgIpc) is 2.54. The highest BCUT2D eigenvalue weighted by molar-refractivity contribution is 5.67. The summed E-state index contributed by atoms with van der Waals surface area (Å²) in [6, 6.07) is 10.8. The number of anilines is 1. The largest absolute Gasteiger partial charge is 0.396 e. The molecule has 0 aliphatic heterocycles. The van der Waals surface area contributed by atoms with E-state index in [1.807, 2.05) is 24.3 Å². The summed E-state index contributed by atoms with van der Waals surface area (Å²) in [5.41, 5.74) is 7.46. The van der Waals surface area contributed by atoms with E-state index in [-0.39, 0.29) is 11.3 Å². The minimum absolute atomic E-state index is 0.157. The Bertz CT molecular complexity index is 628. The summed E-state index contributed by atoms with van der Waals surface area (Å²) in [4.78, 5) is 0. The van der Waals surface area contributed by atoms with Gasteiger partial charge in [0.05, 0.1) is 5.69 Å². The Hall–Kier alpha value is -1.90. The van der Waals surface area contributed by atoms with E-state index in [1.165, 1.54) is 49.8 Å². The predicted octanol–water partition coefficient (Wildman–Crippen LogP) is 5.26. The summed E-state index contributed by atoms with van der Waals surface area (Å²) in [5, 5.41) is 0. The van der Waals surface area contributed by atoms with Gasteiger partial charge in [0.2, 0.25) is 0 Å². The van der Waals surface area contributed by atoms with Gasteiger partial charge in [-0.05, 0) is 42.0 Å². The van der Waals surface area contributed by atoms with Gasteiger partial charge in [-0.15, -0.1) is 0 Å². The third-order valence-electron chi connectivity index (χ3n) is 4.41. The molecule has 0 unspecified atom stereocenters. The summed E-state index contributed by atoms with van der Waals surface area (Å²) in [5.74, 6) is -1.23. The van der Waals surface area contributed by atoms with Crippen molar-refractivity contribution in [2.45, 2.75) is 38.0 Å². The Morgan fingerprint density at radius 2 is 1.48 bits per heavy atom. The fraction of sp³-hybridized carbons (Fsp3) is 0.333. The van der Waals surface area contributed by atoms with E-state index in [9.17, 15) is 8.78 Å². The van der Waals surface area contributed by atoms with Crippen molar-refractivity contribution >= 4 is 5.69 Å². The molecule has 0 saturated heterocycles. The van der Waals surface area contributed by atoms with E-state index in [1.54, 1.807) is 0 Å². The predicted molar refractivity (Wildman–Crippen MR) is 82.0 cm³/mol. The minimum Gasteiger partial charge on any atom is -0.396 e. The van der Waals surface area contributed by atoms with Crippen LogP contribution in [0.5, 0.6) is 0 Å². The lowest BCUT2D eigenvalue weighted by molar-refractivity contribution is 0.443. The van der Waals surface area contributed by atoms with E-state index < -0.39 is 11.6 Å².